The van der Waals surface area contributed by atoms with Gasteiger partial charge >= 0.3 is 6.18 Å². The van der Waals surface area contributed by atoms with Gasteiger partial charge in [0.05, 0.1) is 10.2 Å². The molecule has 1 amide bonds. The van der Waals surface area contributed by atoms with Gasteiger partial charge in [0.25, 0.3) is 5.91 Å². The molecule has 20 heavy (non-hydrogen) atoms. The Morgan fingerprint density at radius 2 is 2.05 bits per heavy atom. The Morgan fingerprint density at radius 1 is 1.40 bits per heavy atom. The van der Waals surface area contributed by atoms with Gasteiger partial charge in [-0.15, -0.1) is 0 Å². The molecule has 0 aliphatic carbocycles. The minimum absolute atomic E-state index is 0.0940. The first-order valence-corrected chi connectivity index (χ1v) is 6.47. The molecule has 0 fully saturated rings. The van der Waals surface area contributed by atoms with Crippen LogP contribution < -0.4 is 11.1 Å². The number of carbonyl (C=O) groups excluding carboxylic acids is 1. The maximum Gasteiger partial charge on any atom is 0.415 e. The second kappa shape index (κ2) is 4.71. The van der Waals surface area contributed by atoms with E-state index in [1.54, 1.807) is 6.07 Å². The van der Waals surface area contributed by atoms with Crippen molar-refractivity contribution in [3.05, 3.63) is 23.8 Å². The molecule has 0 saturated heterocycles. The zero-order valence-electron chi connectivity index (χ0n) is 10.7. The number of thiazole rings is 1. The maximum absolute atomic E-state index is 12.6. The third-order valence-electron chi connectivity index (χ3n) is 2.82. The molecule has 0 aliphatic rings. The number of anilines is 1. The third-order valence-corrected chi connectivity index (χ3v) is 3.76. The Kier molecular flexibility index (Phi) is 3.47. The number of nitrogens with zero attached hydrogens (tertiary/aromatic N) is 1. The molecule has 0 spiro atoms. The minimum Gasteiger partial charge on any atom is -0.310 e. The topological polar surface area (TPSA) is 68.0 Å². The number of alkyl halides is 3. The summed E-state index contributed by atoms with van der Waals surface area (Å²) in [6.45, 7) is 2.51. The smallest absolute Gasteiger partial charge is 0.310 e. The van der Waals surface area contributed by atoms with Crippen LogP contribution >= 0.6 is 11.3 Å². The molecular formula is C12H12F3N3OS. The van der Waals surface area contributed by atoms with Crippen LogP contribution in [-0.4, -0.2) is 22.6 Å². The van der Waals surface area contributed by atoms with Crippen LogP contribution in [0.2, 0.25) is 0 Å². The Labute approximate surface area is 116 Å². The lowest BCUT2D eigenvalue weighted by Crippen LogP contribution is -2.59. The second-order valence-corrected chi connectivity index (χ2v) is 5.68. The van der Waals surface area contributed by atoms with E-state index in [2.05, 4.69) is 10.3 Å². The normalized spacial score (nSPS) is 15.1. The van der Waals surface area contributed by atoms with Gasteiger partial charge in [0.15, 0.2) is 10.7 Å². The fourth-order valence-electron chi connectivity index (χ4n) is 1.44. The molecule has 108 valence electrons. The standard InChI is InChI=1S/C12H12F3N3OS/c1-6-3-4-7-8(5-6)20-10(17-7)18-9(19)11(2,16)12(13,14)15/h3-5H,16H2,1-2H3,(H,17,18,19). The van der Waals surface area contributed by atoms with E-state index in [0.717, 1.165) is 21.6 Å². The van der Waals surface area contributed by atoms with Crippen molar-refractivity contribution in [1.29, 1.82) is 0 Å². The summed E-state index contributed by atoms with van der Waals surface area (Å²) in [6, 6.07) is 5.41. The molecule has 0 radical (unpaired) electrons. The highest BCUT2D eigenvalue weighted by molar-refractivity contribution is 7.22. The Bertz CT molecular complexity index is 664. The summed E-state index contributed by atoms with van der Waals surface area (Å²) < 4.78 is 38.7. The number of amides is 1. The average molecular weight is 303 g/mol. The Balaban J connectivity index is 2.26. The average Bonchev–Trinajstić information content (AvgIpc) is 2.68. The molecular weight excluding hydrogens is 291 g/mol. The van der Waals surface area contributed by atoms with Crippen LogP contribution in [0.1, 0.15) is 12.5 Å². The molecule has 1 atom stereocenters. The van der Waals surface area contributed by atoms with Crippen molar-refractivity contribution < 1.29 is 18.0 Å². The van der Waals surface area contributed by atoms with Crippen LogP contribution in [0, 0.1) is 6.92 Å². The fraction of sp³-hybridized carbons (Fsp3) is 0.333. The number of nitrogens with one attached hydrogen (secondary N) is 1. The van der Waals surface area contributed by atoms with Gasteiger partial charge in [-0.05, 0) is 31.5 Å². The van der Waals surface area contributed by atoms with Gasteiger partial charge in [0, 0.05) is 0 Å². The second-order valence-electron chi connectivity index (χ2n) is 4.64. The molecule has 4 nitrogen and oxygen atoms in total. The summed E-state index contributed by atoms with van der Waals surface area (Å²) in [6.07, 6.45) is -4.83. The number of hydrogen-bond acceptors (Lipinski definition) is 4. The fourth-order valence-corrected chi connectivity index (χ4v) is 2.40. The summed E-state index contributed by atoms with van der Waals surface area (Å²) in [4.78, 5) is 15.7. The minimum atomic E-state index is -4.83. The van der Waals surface area contributed by atoms with Crippen LogP contribution in [-0.2, 0) is 4.79 Å². The molecule has 2 aromatic rings. The molecule has 0 bridgehead atoms. The van der Waals surface area contributed by atoms with Crippen molar-refractivity contribution in [2.24, 2.45) is 5.73 Å². The first-order chi connectivity index (χ1) is 9.11. The van der Waals surface area contributed by atoms with Gasteiger partial charge in [0.2, 0.25) is 0 Å². The van der Waals surface area contributed by atoms with Crippen molar-refractivity contribution >= 4 is 32.6 Å². The highest BCUT2D eigenvalue weighted by Crippen LogP contribution is 2.31. The molecule has 3 N–H and O–H groups in total. The van der Waals surface area contributed by atoms with Crippen molar-refractivity contribution in [3.63, 3.8) is 0 Å². The van der Waals surface area contributed by atoms with E-state index in [4.69, 9.17) is 5.73 Å². The molecule has 1 heterocycles. The van der Waals surface area contributed by atoms with Gasteiger partial charge in [-0.2, -0.15) is 13.2 Å². The lowest BCUT2D eigenvalue weighted by atomic mass is 10.0. The lowest BCUT2D eigenvalue weighted by molar-refractivity contribution is -0.184. The highest BCUT2D eigenvalue weighted by Gasteiger charge is 2.54. The predicted octanol–water partition coefficient (Wildman–Crippen LogP) is 2.82. The zero-order chi connectivity index (χ0) is 15.1. The zero-order valence-corrected chi connectivity index (χ0v) is 11.5. The lowest BCUT2D eigenvalue weighted by Gasteiger charge is -2.25. The van der Waals surface area contributed by atoms with Crippen molar-refractivity contribution in [1.82, 2.24) is 4.98 Å². The third kappa shape index (κ3) is 2.61. The van der Waals surface area contributed by atoms with Gasteiger partial charge in [0.1, 0.15) is 0 Å². The number of halogens is 3. The van der Waals surface area contributed by atoms with Gasteiger partial charge < -0.3 is 11.1 Å². The molecule has 1 aromatic heterocycles. The van der Waals surface area contributed by atoms with Crippen LogP contribution in [0.25, 0.3) is 10.2 Å². The van der Waals surface area contributed by atoms with E-state index in [0.29, 0.717) is 12.4 Å². The van der Waals surface area contributed by atoms with E-state index in [9.17, 15) is 18.0 Å². The van der Waals surface area contributed by atoms with Gasteiger partial charge in [-0.1, -0.05) is 17.4 Å². The molecule has 1 unspecified atom stereocenters. The van der Waals surface area contributed by atoms with E-state index >= 15 is 0 Å². The van der Waals surface area contributed by atoms with E-state index in [1.165, 1.54) is 0 Å². The van der Waals surface area contributed by atoms with E-state index in [1.807, 2.05) is 19.1 Å². The summed E-state index contributed by atoms with van der Waals surface area (Å²) in [5.41, 5.74) is 3.70. The SMILES string of the molecule is Cc1ccc2nc(NC(=O)C(C)(N)C(F)(F)F)sc2c1. The number of rotatable bonds is 2. The van der Waals surface area contributed by atoms with Crippen LogP contribution in [0.4, 0.5) is 18.3 Å². The number of fused-ring (bicyclic) bond motifs is 1. The number of hydrogen-bond donors (Lipinski definition) is 2. The Morgan fingerprint density at radius 3 is 2.65 bits per heavy atom. The molecule has 2 rings (SSSR count). The van der Waals surface area contributed by atoms with Crippen LogP contribution in [0.5, 0.6) is 0 Å². The van der Waals surface area contributed by atoms with E-state index < -0.39 is 17.6 Å². The first-order valence-electron chi connectivity index (χ1n) is 5.65. The maximum atomic E-state index is 12.6. The highest BCUT2D eigenvalue weighted by atomic mass is 32.1. The van der Waals surface area contributed by atoms with Crippen LogP contribution in [0.15, 0.2) is 18.2 Å². The van der Waals surface area contributed by atoms with Crippen molar-refractivity contribution in [2.75, 3.05) is 5.32 Å². The van der Waals surface area contributed by atoms with Crippen molar-refractivity contribution in [2.45, 2.75) is 25.6 Å². The number of carbonyl (C=O) groups is 1. The quantitative estimate of drug-likeness (QED) is 0.896. The summed E-state index contributed by atoms with van der Waals surface area (Å²) in [7, 11) is 0. The molecule has 0 saturated carbocycles. The monoisotopic (exact) mass is 303 g/mol. The van der Waals surface area contributed by atoms with Crippen molar-refractivity contribution in [3.8, 4) is 0 Å². The largest absolute Gasteiger partial charge is 0.415 e. The molecule has 0 aliphatic heterocycles. The van der Waals surface area contributed by atoms with Crippen LogP contribution in [0.3, 0.4) is 0 Å². The van der Waals surface area contributed by atoms with E-state index in [-0.39, 0.29) is 5.13 Å². The number of aryl methyl sites for hydroxylation is 1. The summed E-state index contributed by atoms with van der Waals surface area (Å²) in [5, 5.41) is 2.22. The first kappa shape index (κ1) is 14.7. The summed E-state index contributed by atoms with van der Waals surface area (Å²) >= 11 is 1.10. The Hall–Kier alpha value is -1.67. The summed E-state index contributed by atoms with van der Waals surface area (Å²) in [5.74, 6) is -1.33. The number of benzene rings is 1. The number of aromatic nitrogens is 1. The van der Waals surface area contributed by atoms with Gasteiger partial charge in [-0.25, -0.2) is 4.98 Å². The molecule has 8 heteroatoms. The predicted molar refractivity (Wildman–Crippen MR) is 71.6 cm³/mol. The molecule has 1 aromatic carbocycles. The van der Waals surface area contributed by atoms with Gasteiger partial charge in [-0.3, -0.25) is 4.79 Å². The number of nitrogens with two attached hydrogens (primary N) is 1.